The first-order valence-electron chi connectivity index (χ1n) is 13.5. The Labute approximate surface area is 211 Å². The van der Waals surface area contributed by atoms with Gasteiger partial charge in [-0.05, 0) is 80.7 Å². The van der Waals surface area contributed by atoms with Gasteiger partial charge in [-0.3, -0.25) is 9.59 Å². The Morgan fingerprint density at radius 2 is 1.43 bits per heavy atom. The number of anilines is 1. The number of furan rings is 1. The van der Waals surface area contributed by atoms with Gasteiger partial charge in [0.1, 0.15) is 5.76 Å². The van der Waals surface area contributed by atoms with Gasteiger partial charge in [0, 0.05) is 17.7 Å². The van der Waals surface area contributed by atoms with Crippen LogP contribution in [0.5, 0.6) is 0 Å². The number of allylic oxidation sites excluding steroid dienone is 3. The van der Waals surface area contributed by atoms with E-state index in [4.69, 9.17) is 4.42 Å². The zero-order valence-electron chi connectivity index (χ0n) is 21.5. The van der Waals surface area contributed by atoms with Crippen LogP contribution in [0.3, 0.4) is 0 Å². The molecule has 0 aliphatic heterocycles. The summed E-state index contributed by atoms with van der Waals surface area (Å²) in [5, 5.41) is 2.92. The number of nitrogens with one attached hydrogen (secondary N) is 1. The maximum Gasteiger partial charge on any atom is 0.224 e. The van der Waals surface area contributed by atoms with Crippen molar-refractivity contribution < 1.29 is 14.0 Å². The van der Waals surface area contributed by atoms with E-state index in [1.54, 1.807) is 48.7 Å². The van der Waals surface area contributed by atoms with Crippen molar-refractivity contribution in [3.63, 3.8) is 0 Å². The van der Waals surface area contributed by atoms with Crippen molar-refractivity contribution >= 4 is 23.5 Å². The molecule has 35 heavy (non-hydrogen) atoms. The first kappa shape index (κ1) is 28.4. The molecular weight excluding hydrogens is 434 g/mol. The zero-order chi connectivity index (χ0) is 25.0. The molecule has 0 atom stereocenters. The summed E-state index contributed by atoms with van der Waals surface area (Å²) in [5.74, 6) is 0.560. The molecule has 0 fully saturated rings. The number of rotatable bonds is 19. The third-order valence-electron chi connectivity index (χ3n) is 6.06. The summed E-state index contributed by atoms with van der Waals surface area (Å²) in [7, 11) is 0. The van der Waals surface area contributed by atoms with Crippen LogP contribution >= 0.6 is 0 Å². The molecule has 4 heteroatoms. The fraction of sp³-hybridized carbons (Fsp3) is 0.484. The number of carbonyl (C=O) groups excluding carboxylic acids is 2. The number of amides is 1. The topological polar surface area (TPSA) is 59.3 Å². The maximum atomic E-state index is 12.2. The molecule has 0 radical (unpaired) electrons. The van der Waals surface area contributed by atoms with Gasteiger partial charge in [-0.2, -0.15) is 0 Å². The van der Waals surface area contributed by atoms with Crippen LogP contribution in [0.2, 0.25) is 0 Å². The third kappa shape index (κ3) is 13.6. The minimum atomic E-state index is -0.104. The van der Waals surface area contributed by atoms with Gasteiger partial charge in [0.05, 0.1) is 6.26 Å². The molecule has 4 nitrogen and oxygen atoms in total. The van der Waals surface area contributed by atoms with Crippen molar-refractivity contribution in [1.82, 2.24) is 0 Å². The van der Waals surface area contributed by atoms with Crippen molar-refractivity contribution in [3.8, 4) is 0 Å². The van der Waals surface area contributed by atoms with Gasteiger partial charge in [0.2, 0.25) is 5.91 Å². The second kappa shape index (κ2) is 18.4. The van der Waals surface area contributed by atoms with Crippen molar-refractivity contribution in [2.24, 2.45) is 0 Å². The summed E-state index contributed by atoms with van der Waals surface area (Å²) in [6.07, 6.45) is 26.1. The average molecular weight is 478 g/mol. The molecule has 0 aliphatic rings. The molecule has 0 spiro atoms. The zero-order valence-corrected chi connectivity index (χ0v) is 21.5. The first-order chi connectivity index (χ1) is 17.2. The minimum absolute atomic E-state index is 0.0272. The summed E-state index contributed by atoms with van der Waals surface area (Å²) in [4.78, 5) is 24.4. The Balaban J connectivity index is 1.47. The summed E-state index contributed by atoms with van der Waals surface area (Å²) in [6, 6.07) is 10.6. The number of hydrogen-bond acceptors (Lipinski definition) is 3. The van der Waals surface area contributed by atoms with E-state index < -0.39 is 0 Å². The fourth-order valence-electron chi connectivity index (χ4n) is 3.94. The first-order valence-corrected chi connectivity index (χ1v) is 13.5. The predicted molar refractivity (Wildman–Crippen MR) is 147 cm³/mol. The highest BCUT2D eigenvalue weighted by Gasteiger charge is 2.05. The van der Waals surface area contributed by atoms with Crippen molar-refractivity contribution in [2.45, 2.75) is 96.8 Å². The molecule has 0 unspecified atom stereocenters. The highest BCUT2D eigenvalue weighted by Crippen LogP contribution is 2.14. The second-order valence-electron chi connectivity index (χ2n) is 9.17. The average Bonchev–Trinajstić information content (AvgIpc) is 3.39. The summed E-state index contributed by atoms with van der Waals surface area (Å²) < 4.78 is 5.19. The Bertz CT molecular complexity index is 878. The molecule has 0 saturated carbocycles. The van der Waals surface area contributed by atoms with Crippen LogP contribution in [0.25, 0.3) is 6.08 Å². The number of ketones is 1. The molecule has 1 N–H and O–H groups in total. The lowest BCUT2D eigenvalue weighted by Gasteiger charge is -2.06. The van der Waals surface area contributed by atoms with Crippen molar-refractivity contribution in [3.05, 3.63) is 72.2 Å². The standard InChI is InChI=1S/C31H43NO3/c1-2-3-4-5-6-7-8-9-10-11-12-13-14-15-16-19-31(34)32-28-22-20-27(21-23-28)30(33)25-24-29-18-17-26-35-29/h9-10,17-18,20-26H,2-8,11-16,19H2,1H3,(H,32,34)/b10-9-,25-24+. The smallest absolute Gasteiger partial charge is 0.224 e. The second-order valence-corrected chi connectivity index (χ2v) is 9.17. The maximum absolute atomic E-state index is 12.2. The van der Waals surface area contributed by atoms with E-state index in [9.17, 15) is 9.59 Å². The number of unbranched alkanes of at least 4 members (excludes halogenated alkanes) is 11. The molecule has 0 bridgehead atoms. The monoisotopic (exact) mass is 477 g/mol. The molecule has 0 saturated heterocycles. The van der Waals surface area contributed by atoms with Crippen LogP contribution in [0.4, 0.5) is 5.69 Å². The molecule has 190 valence electrons. The lowest BCUT2D eigenvalue weighted by molar-refractivity contribution is -0.116. The number of carbonyl (C=O) groups is 2. The van der Waals surface area contributed by atoms with E-state index >= 15 is 0 Å². The fourth-order valence-corrected chi connectivity index (χ4v) is 3.94. The highest BCUT2D eigenvalue weighted by atomic mass is 16.3. The quantitative estimate of drug-likeness (QED) is 0.0949. The lowest BCUT2D eigenvalue weighted by Crippen LogP contribution is -2.11. The highest BCUT2D eigenvalue weighted by molar-refractivity contribution is 6.07. The van der Waals surface area contributed by atoms with Gasteiger partial charge >= 0.3 is 0 Å². The lowest BCUT2D eigenvalue weighted by atomic mass is 10.1. The SMILES string of the molecule is CCCCCCCC/C=C\CCCCCCCC(=O)Nc1ccc(C(=O)/C=C/c2ccco2)cc1. The van der Waals surface area contributed by atoms with E-state index in [1.807, 2.05) is 0 Å². The van der Waals surface area contributed by atoms with Crippen LogP contribution in [-0.2, 0) is 4.79 Å². The summed E-state index contributed by atoms with van der Waals surface area (Å²) in [5.41, 5.74) is 1.29. The Kier molecular flexibility index (Phi) is 14.9. The van der Waals surface area contributed by atoms with Gasteiger partial charge in [0.25, 0.3) is 0 Å². The molecule has 1 amide bonds. The van der Waals surface area contributed by atoms with Crippen LogP contribution in [0, 0.1) is 0 Å². The normalized spacial score (nSPS) is 11.5. The van der Waals surface area contributed by atoms with Gasteiger partial charge in [0.15, 0.2) is 5.78 Å². The Morgan fingerprint density at radius 3 is 2.06 bits per heavy atom. The number of hydrogen-bond donors (Lipinski definition) is 1. The minimum Gasteiger partial charge on any atom is -0.465 e. The largest absolute Gasteiger partial charge is 0.465 e. The van der Waals surface area contributed by atoms with E-state index in [2.05, 4.69) is 24.4 Å². The molecule has 0 aliphatic carbocycles. The summed E-state index contributed by atoms with van der Waals surface area (Å²) in [6.45, 7) is 2.26. The van der Waals surface area contributed by atoms with E-state index in [1.165, 1.54) is 76.7 Å². The predicted octanol–water partition coefficient (Wildman–Crippen LogP) is 9.15. The Hall–Kier alpha value is -2.88. The summed E-state index contributed by atoms with van der Waals surface area (Å²) >= 11 is 0. The van der Waals surface area contributed by atoms with Gasteiger partial charge in [-0.1, -0.05) is 70.4 Å². The van der Waals surface area contributed by atoms with Gasteiger partial charge < -0.3 is 9.73 Å². The van der Waals surface area contributed by atoms with Crippen LogP contribution in [0.1, 0.15) is 113 Å². The Morgan fingerprint density at radius 1 is 0.800 bits per heavy atom. The number of benzene rings is 1. The van der Waals surface area contributed by atoms with Crippen LogP contribution < -0.4 is 5.32 Å². The van der Waals surface area contributed by atoms with E-state index in [0.29, 0.717) is 23.4 Å². The van der Waals surface area contributed by atoms with Crippen molar-refractivity contribution in [1.29, 1.82) is 0 Å². The van der Waals surface area contributed by atoms with E-state index in [0.717, 1.165) is 12.8 Å². The molecule has 1 aromatic carbocycles. The van der Waals surface area contributed by atoms with E-state index in [-0.39, 0.29) is 11.7 Å². The van der Waals surface area contributed by atoms with Crippen LogP contribution in [0.15, 0.2) is 65.3 Å². The van der Waals surface area contributed by atoms with Gasteiger partial charge in [-0.25, -0.2) is 0 Å². The van der Waals surface area contributed by atoms with Crippen molar-refractivity contribution in [2.75, 3.05) is 5.32 Å². The molecule has 2 aromatic rings. The molecule has 1 aromatic heterocycles. The van der Waals surface area contributed by atoms with Crippen LogP contribution in [-0.4, -0.2) is 11.7 Å². The molecular formula is C31H43NO3. The third-order valence-corrected chi connectivity index (χ3v) is 6.06. The molecule has 1 heterocycles. The molecule has 2 rings (SSSR count). The van der Waals surface area contributed by atoms with Gasteiger partial charge in [-0.15, -0.1) is 0 Å².